The van der Waals surface area contributed by atoms with Gasteiger partial charge in [0.25, 0.3) is 0 Å². The third-order valence-electron chi connectivity index (χ3n) is 2.18. The molecule has 1 atom stereocenters. The third kappa shape index (κ3) is 4.72. The Balaban J connectivity index is 2.55. The SMILES string of the molecule is CC(OCCOc1cc(Cl)ccc1[N+](=O)[O-])C(=O)O. The predicted octanol–water partition coefficient (Wildman–Crippen LogP) is 2.12. The molecule has 1 unspecified atom stereocenters. The molecule has 7 nitrogen and oxygen atoms in total. The van der Waals surface area contributed by atoms with Crippen molar-refractivity contribution in [2.75, 3.05) is 13.2 Å². The molecule has 0 fully saturated rings. The van der Waals surface area contributed by atoms with Crippen LogP contribution < -0.4 is 4.74 Å². The molecule has 0 bridgehead atoms. The van der Waals surface area contributed by atoms with Crippen LogP contribution in [0.15, 0.2) is 18.2 Å². The number of nitro benzene ring substituents is 1. The van der Waals surface area contributed by atoms with Gasteiger partial charge in [-0.25, -0.2) is 4.79 Å². The summed E-state index contributed by atoms with van der Waals surface area (Å²) in [5, 5.41) is 19.6. The highest BCUT2D eigenvalue weighted by molar-refractivity contribution is 6.30. The van der Waals surface area contributed by atoms with E-state index in [0.29, 0.717) is 5.02 Å². The minimum absolute atomic E-state index is 0.00284. The Kier molecular flexibility index (Phi) is 5.53. The summed E-state index contributed by atoms with van der Waals surface area (Å²) in [6.45, 7) is 1.36. The molecule has 19 heavy (non-hydrogen) atoms. The van der Waals surface area contributed by atoms with E-state index in [1.165, 1.54) is 25.1 Å². The molecule has 104 valence electrons. The molecule has 8 heteroatoms. The van der Waals surface area contributed by atoms with Gasteiger partial charge in [-0.15, -0.1) is 0 Å². The van der Waals surface area contributed by atoms with Crippen molar-refractivity contribution < 1.29 is 24.3 Å². The van der Waals surface area contributed by atoms with Crippen molar-refractivity contribution in [3.63, 3.8) is 0 Å². The summed E-state index contributed by atoms with van der Waals surface area (Å²) in [5.41, 5.74) is -0.212. The number of rotatable bonds is 7. The van der Waals surface area contributed by atoms with E-state index in [9.17, 15) is 14.9 Å². The number of carboxylic acids is 1. The largest absolute Gasteiger partial charge is 0.484 e. The van der Waals surface area contributed by atoms with Gasteiger partial charge in [-0.2, -0.15) is 0 Å². The molecule has 0 radical (unpaired) electrons. The summed E-state index contributed by atoms with van der Waals surface area (Å²) in [4.78, 5) is 20.6. The standard InChI is InChI=1S/C11H12ClNO6/c1-7(11(14)15)18-4-5-19-10-6-8(12)2-3-9(10)13(16)17/h2-3,6-7H,4-5H2,1H3,(H,14,15). The Morgan fingerprint density at radius 2 is 2.21 bits per heavy atom. The van der Waals surface area contributed by atoms with E-state index < -0.39 is 17.0 Å². The van der Waals surface area contributed by atoms with Gasteiger partial charge in [0.15, 0.2) is 11.9 Å². The first-order valence-corrected chi connectivity index (χ1v) is 5.70. The van der Waals surface area contributed by atoms with Gasteiger partial charge in [0.2, 0.25) is 0 Å². The van der Waals surface area contributed by atoms with E-state index in [-0.39, 0.29) is 24.7 Å². The van der Waals surface area contributed by atoms with E-state index in [4.69, 9.17) is 26.2 Å². The first-order chi connectivity index (χ1) is 8.91. The van der Waals surface area contributed by atoms with Gasteiger partial charge >= 0.3 is 11.7 Å². The van der Waals surface area contributed by atoms with Crippen LogP contribution in [0.25, 0.3) is 0 Å². The molecule has 0 amide bonds. The predicted molar refractivity (Wildman–Crippen MR) is 66.7 cm³/mol. The molecule has 0 aliphatic carbocycles. The zero-order valence-corrected chi connectivity index (χ0v) is 10.8. The molecular formula is C11H12ClNO6. The van der Waals surface area contributed by atoms with E-state index >= 15 is 0 Å². The number of nitrogens with zero attached hydrogens (tertiary/aromatic N) is 1. The smallest absolute Gasteiger partial charge is 0.332 e. The van der Waals surface area contributed by atoms with Crippen molar-refractivity contribution in [1.82, 2.24) is 0 Å². The molecule has 0 aliphatic rings. The van der Waals surface area contributed by atoms with Gasteiger partial charge in [0.05, 0.1) is 11.5 Å². The van der Waals surface area contributed by atoms with Gasteiger partial charge in [0, 0.05) is 17.2 Å². The van der Waals surface area contributed by atoms with E-state index in [0.717, 1.165) is 0 Å². The number of carboxylic acid groups (broad SMARTS) is 1. The lowest BCUT2D eigenvalue weighted by molar-refractivity contribution is -0.385. The monoisotopic (exact) mass is 289 g/mol. The number of nitro groups is 1. The van der Waals surface area contributed by atoms with Crippen LogP contribution in [0.1, 0.15) is 6.92 Å². The molecule has 0 aliphatic heterocycles. The second kappa shape index (κ2) is 6.91. The van der Waals surface area contributed by atoms with Gasteiger partial charge in [0.1, 0.15) is 6.61 Å². The normalized spacial score (nSPS) is 11.9. The molecule has 0 heterocycles. The summed E-state index contributed by atoms with van der Waals surface area (Å²) in [6, 6.07) is 3.94. The fourth-order valence-electron chi connectivity index (χ4n) is 1.20. The number of hydrogen-bond acceptors (Lipinski definition) is 5. The van der Waals surface area contributed by atoms with Gasteiger partial charge < -0.3 is 14.6 Å². The summed E-state index contributed by atoms with van der Waals surface area (Å²) in [7, 11) is 0. The van der Waals surface area contributed by atoms with Crippen LogP contribution in [-0.4, -0.2) is 35.3 Å². The maximum absolute atomic E-state index is 10.7. The second-order valence-corrected chi connectivity index (χ2v) is 4.01. The average Bonchev–Trinajstić information content (AvgIpc) is 2.33. The summed E-state index contributed by atoms with van der Waals surface area (Å²) in [5.74, 6) is -1.07. The van der Waals surface area contributed by atoms with Crippen molar-refractivity contribution in [3.05, 3.63) is 33.3 Å². The van der Waals surface area contributed by atoms with E-state index in [2.05, 4.69) is 0 Å². The van der Waals surface area contributed by atoms with Crippen molar-refractivity contribution >= 4 is 23.3 Å². The topological polar surface area (TPSA) is 98.9 Å². The summed E-state index contributed by atoms with van der Waals surface area (Å²) in [6.07, 6.45) is -0.960. The Hall–Kier alpha value is -1.86. The van der Waals surface area contributed by atoms with Crippen LogP contribution in [0.3, 0.4) is 0 Å². The number of carbonyl (C=O) groups is 1. The zero-order chi connectivity index (χ0) is 14.4. The molecule has 0 saturated carbocycles. The quantitative estimate of drug-likeness (QED) is 0.469. The van der Waals surface area contributed by atoms with Crippen molar-refractivity contribution in [2.24, 2.45) is 0 Å². The second-order valence-electron chi connectivity index (χ2n) is 3.57. The summed E-state index contributed by atoms with van der Waals surface area (Å²) >= 11 is 5.71. The molecule has 1 aromatic rings. The Bertz CT molecular complexity index is 478. The van der Waals surface area contributed by atoms with E-state index in [1.807, 2.05) is 0 Å². The van der Waals surface area contributed by atoms with E-state index in [1.54, 1.807) is 0 Å². The zero-order valence-electron chi connectivity index (χ0n) is 10.0. The molecule has 1 rings (SSSR count). The van der Waals surface area contributed by atoms with Crippen LogP contribution in [-0.2, 0) is 9.53 Å². The molecule has 0 spiro atoms. The van der Waals surface area contributed by atoms with Crippen molar-refractivity contribution in [1.29, 1.82) is 0 Å². The molecule has 1 N–H and O–H groups in total. The molecule has 1 aromatic carbocycles. The van der Waals surface area contributed by atoms with Crippen LogP contribution in [0, 0.1) is 10.1 Å². The van der Waals surface area contributed by atoms with Gasteiger partial charge in [-0.3, -0.25) is 10.1 Å². The first kappa shape index (κ1) is 15.2. The highest BCUT2D eigenvalue weighted by Crippen LogP contribution is 2.29. The highest BCUT2D eigenvalue weighted by Gasteiger charge is 2.16. The molecule has 0 saturated heterocycles. The fraction of sp³-hybridized carbons (Fsp3) is 0.364. The maximum Gasteiger partial charge on any atom is 0.332 e. The fourth-order valence-corrected chi connectivity index (χ4v) is 1.36. The Morgan fingerprint density at radius 1 is 1.53 bits per heavy atom. The molecule has 0 aromatic heterocycles. The van der Waals surface area contributed by atoms with Gasteiger partial charge in [-0.05, 0) is 13.0 Å². The van der Waals surface area contributed by atoms with Crippen LogP contribution >= 0.6 is 11.6 Å². The minimum Gasteiger partial charge on any atom is -0.484 e. The lowest BCUT2D eigenvalue weighted by atomic mass is 10.3. The maximum atomic E-state index is 10.7. The van der Waals surface area contributed by atoms with Gasteiger partial charge in [-0.1, -0.05) is 11.6 Å². The van der Waals surface area contributed by atoms with Crippen LogP contribution in [0.5, 0.6) is 5.75 Å². The summed E-state index contributed by atoms with van der Waals surface area (Å²) < 4.78 is 10.1. The Morgan fingerprint density at radius 3 is 2.79 bits per heavy atom. The third-order valence-corrected chi connectivity index (χ3v) is 2.41. The van der Waals surface area contributed by atoms with Crippen molar-refractivity contribution in [3.8, 4) is 5.75 Å². The lowest BCUT2D eigenvalue weighted by Gasteiger charge is -2.10. The highest BCUT2D eigenvalue weighted by atomic mass is 35.5. The Labute approximate surface area is 113 Å². The molecular weight excluding hydrogens is 278 g/mol. The number of halogens is 1. The van der Waals surface area contributed by atoms with Crippen LogP contribution in [0.2, 0.25) is 5.02 Å². The average molecular weight is 290 g/mol. The van der Waals surface area contributed by atoms with Crippen LogP contribution in [0.4, 0.5) is 5.69 Å². The number of aliphatic carboxylic acids is 1. The minimum atomic E-state index is -1.09. The number of ether oxygens (including phenoxy) is 2. The first-order valence-electron chi connectivity index (χ1n) is 5.33. The number of benzene rings is 1. The van der Waals surface area contributed by atoms with Crippen molar-refractivity contribution in [2.45, 2.75) is 13.0 Å². The number of hydrogen-bond donors (Lipinski definition) is 1. The lowest BCUT2D eigenvalue weighted by Crippen LogP contribution is -2.22.